The zero-order valence-electron chi connectivity index (χ0n) is 14.1. The van der Waals surface area contributed by atoms with Gasteiger partial charge >= 0.3 is 6.18 Å². The van der Waals surface area contributed by atoms with Gasteiger partial charge in [-0.05, 0) is 37.1 Å². The summed E-state index contributed by atoms with van der Waals surface area (Å²) in [5, 5.41) is 2.47. The molecule has 8 heteroatoms. The van der Waals surface area contributed by atoms with E-state index >= 15 is 0 Å². The van der Waals surface area contributed by atoms with Crippen LogP contribution in [-0.4, -0.2) is 23.1 Å². The van der Waals surface area contributed by atoms with Crippen LogP contribution in [0, 0.1) is 0 Å². The molecule has 0 aliphatic heterocycles. The molecule has 25 heavy (non-hydrogen) atoms. The average Bonchev–Trinajstić information content (AvgIpc) is 2.56. The van der Waals surface area contributed by atoms with Gasteiger partial charge in [-0.15, -0.1) is 0 Å². The SMILES string of the molecule is CCCN(CCC)c1ccnc(Nc2ccc(Cl)c(C(F)(F)F)c2)n1. The molecule has 2 aromatic rings. The van der Waals surface area contributed by atoms with Crippen molar-refractivity contribution in [2.24, 2.45) is 0 Å². The molecule has 1 N–H and O–H groups in total. The Hall–Kier alpha value is -2.02. The number of halogens is 4. The predicted octanol–water partition coefficient (Wildman–Crippen LogP) is 5.52. The van der Waals surface area contributed by atoms with Crippen molar-refractivity contribution in [3.8, 4) is 0 Å². The standard InChI is InChI=1S/C17H20ClF3N4/c1-3-9-25(10-4-2)15-7-8-22-16(24-15)23-12-5-6-14(18)13(11-12)17(19,20)21/h5-8,11H,3-4,9-10H2,1-2H3,(H,22,23,24). The quantitative estimate of drug-likeness (QED) is 0.694. The van der Waals surface area contributed by atoms with Crippen molar-refractivity contribution in [1.82, 2.24) is 9.97 Å². The van der Waals surface area contributed by atoms with Gasteiger partial charge in [-0.2, -0.15) is 18.2 Å². The fourth-order valence-corrected chi connectivity index (χ4v) is 2.64. The summed E-state index contributed by atoms with van der Waals surface area (Å²) in [5.74, 6) is 0.983. The lowest BCUT2D eigenvalue weighted by molar-refractivity contribution is -0.137. The predicted molar refractivity (Wildman–Crippen MR) is 94.6 cm³/mol. The van der Waals surface area contributed by atoms with E-state index in [1.165, 1.54) is 12.1 Å². The second-order valence-corrected chi connectivity index (χ2v) is 5.95. The number of benzene rings is 1. The average molecular weight is 373 g/mol. The first-order chi connectivity index (χ1) is 11.8. The number of nitrogens with one attached hydrogen (secondary N) is 1. The smallest absolute Gasteiger partial charge is 0.356 e. The number of rotatable bonds is 7. The van der Waals surface area contributed by atoms with E-state index in [0.29, 0.717) is 0 Å². The Bertz CT molecular complexity index is 701. The minimum atomic E-state index is -4.52. The topological polar surface area (TPSA) is 41.1 Å². The van der Waals surface area contributed by atoms with Gasteiger partial charge in [0, 0.05) is 25.0 Å². The molecule has 0 saturated heterocycles. The van der Waals surface area contributed by atoms with Crippen LogP contribution in [0.2, 0.25) is 5.02 Å². The molecule has 0 radical (unpaired) electrons. The third-order valence-corrected chi connectivity index (χ3v) is 3.81. The summed E-state index contributed by atoms with van der Waals surface area (Å²) in [4.78, 5) is 10.6. The largest absolute Gasteiger partial charge is 0.417 e. The van der Waals surface area contributed by atoms with Gasteiger partial charge in [0.1, 0.15) is 5.82 Å². The number of anilines is 3. The van der Waals surface area contributed by atoms with Crippen molar-refractivity contribution in [2.75, 3.05) is 23.3 Å². The maximum absolute atomic E-state index is 13.0. The van der Waals surface area contributed by atoms with E-state index in [2.05, 4.69) is 34.0 Å². The van der Waals surface area contributed by atoms with Gasteiger partial charge in [-0.25, -0.2) is 4.98 Å². The molecular weight excluding hydrogens is 353 g/mol. The van der Waals surface area contributed by atoms with Crippen LogP contribution in [0.25, 0.3) is 0 Å². The maximum atomic E-state index is 13.0. The third kappa shape index (κ3) is 5.22. The van der Waals surface area contributed by atoms with Gasteiger partial charge in [-0.3, -0.25) is 0 Å². The third-order valence-electron chi connectivity index (χ3n) is 3.48. The number of nitrogens with zero attached hydrogens (tertiary/aromatic N) is 3. The molecule has 1 aromatic carbocycles. The van der Waals surface area contributed by atoms with Gasteiger partial charge in [-0.1, -0.05) is 25.4 Å². The van der Waals surface area contributed by atoms with Crippen molar-refractivity contribution in [3.05, 3.63) is 41.0 Å². The summed E-state index contributed by atoms with van der Waals surface area (Å²) >= 11 is 5.63. The van der Waals surface area contributed by atoms with E-state index in [1.54, 1.807) is 12.3 Å². The molecule has 0 amide bonds. The summed E-state index contributed by atoms with van der Waals surface area (Å²) in [6.45, 7) is 5.86. The second kappa shape index (κ2) is 8.38. The molecule has 1 heterocycles. The Morgan fingerprint density at radius 2 is 1.80 bits per heavy atom. The van der Waals surface area contributed by atoms with Crippen LogP contribution in [0.3, 0.4) is 0 Å². The molecule has 1 aromatic heterocycles. The minimum absolute atomic E-state index is 0.228. The molecule has 2 rings (SSSR count). The highest BCUT2D eigenvalue weighted by molar-refractivity contribution is 6.31. The number of hydrogen-bond acceptors (Lipinski definition) is 4. The van der Waals surface area contributed by atoms with Gasteiger partial charge in [0.05, 0.1) is 10.6 Å². The van der Waals surface area contributed by atoms with E-state index in [-0.39, 0.29) is 16.7 Å². The molecule has 0 aliphatic carbocycles. The van der Waals surface area contributed by atoms with Crippen molar-refractivity contribution in [1.29, 1.82) is 0 Å². The molecule has 0 spiro atoms. The van der Waals surface area contributed by atoms with Crippen LogP contribution in [0.15, 0.2) is 30.5 Å². The van der Waals surface area contributed by atoms with E-state index in [0.717, 1.165) is 37.8 Å². The second-order valence-electron chi connectivity index (χ2n) is 5.54. The minimum Gasteiger partial charge on any atom is -0.356 e. The zero-order valence-corrected chi connectivity index (χ0v) is 14.8. The van der Waals surface area contributed by atoms with Gasteiger partial charge in [0.15, 0.2) is 0 Å². The lowest BCUT2D eigenvalue weighted by Gasteiger charge is -2.22. The van der Waals surface area contributed by atoms with Crippen LogP contribution in [0.1, 0.15) is 32.3 Å². The summed E-state index contributed by atoms with van der Waals surface area (Å²) in [6.07, 6.45) is -0.988. The van der Waals surface area contributed by atoms with E-state index in [1.807, 2.05) is 0 Å². The van der Waals surface area contributed by atoms with Gasteiger partial charge in [0.2, 0.25) is 5.95 Å². The van der Waals surface area contributed by atoms with Crippen LogP contribution in [0.5, 0.6) is 0 Å². The lowest BCUT2D eigenvalue weighted by atomic mass is 10.2. The van der Waals surface area contributed by atoms with Gasteiger partial charge in [0.25, 0.3) is 0 Å². The molecule has 4 nitrogen and oxygen atoms in total. The van der Waals surface area contributed by atoms with Crippen molar-refractivity contribution in [3.63, 3.8) is 0 Å². The number of hydrogen-bond donors (Lipinski definition) is 1. The first kappa shape index (κ1) is 19.3. The van der Waals surface area contributed by atoms with Crippen molar-refractivity contribution in [2.45, 2.75) is 32.9 Å². The summed E-state index contributed by atoms with van der Waals surface area (Å²) in [6, 6.07) is 5.41. The van der Waals surface area contributed by atoms with Crippen LogP contribution in [-0.2, 0) is 6.18 Å². The molecule has 136 valence electrons. The van der Waals surface area contributed by atoms with Gasteiger partial charge < -0.3 is 10.2 Å². The highest BCUT2D eigenvalue weighted by atomic mass is 35.5. The molecule has 0 bridgehead atoms. The fraction of sp³-hybridized carbons (Fsp3) is 0.412. The first-order valence-corrected chi connectivity index (χ1v) is 8.44. The summed E-state index contributed by atoms with van der Waals surface area (Å²) < 4.78 is 38.9. The highest BCUT2D eigenvalue weighted by Gasteiger charge is 2.33. The molecule has 0 atom stereocenters. The summed E-state index contributed by atoms with van der Waals surface area (Å²) in [7, 11) is 0. The number of aromatic nitrogens is 2. The Morgan fingerprint density at radius 3 is 2.40 bits per heavy atom. The lowest BCUT2D eigenvalue weighted by Crippen LogP contribution is -2.26. The molecule has 0 aliphatic rings. The van der Waals surface area contributed by atoms with E-state index in [9.17, 15) is 13.2 Å². The monoisotopic (exact) mass is 372 g/mol. The molecule has 0 fully saturated rings. The highest BCUT2D eigenvalue weighted by Crippen LogP contribution is 2.36. The van der Waals surface area contributed by atoms with Crippen molar-refractivity contribution >= 4 is 29.1 Å². The fourth-order valence-electron chi connectivity index (χ4n) is 2.42. The van der Waals surface area contributed by atoms with Crippen LogP contribution >= 0.6 is 11.6 Å². The normalized spacial score (nSPS) is 11.4. The van der Waals surface area contributed by atoms with E-state index < -0.39 is 11.7 Å². The number of alkyl halides is 3. The zero-order chi connectivity index (χ0) is 18.4. The Kier molecular flexibility index (Phi) is 6.47. The Morgan fingerprint density at radius 1 is 1.12 bits per heavy atom. The van der Waals surface area contributed by atoms with Crippen LogP contribution in [0.4, 0.5) is 30.6 Å². The van der Waals surface area contributed by atoms with E-state index in [4.69, 9.17) is 11.6 Å². The molecule has 0 unspecified atom stereocenters. The molecule has 0 saturated carbocycles. The summed E-state index contributed by atoms with van der Waals surface area (Å²) in [5.41, 5.74) is -0.666. The van der Waals surface area contributed by atoms with Crippen LogP contribution < -0.4 is 10.2 Å². The van der Waals surface area contributed by atoms with Crippen molar-refractivity contribution < 1.29 is 13.2 Å². The maximum Gasteiger partial charge on any atom is 0.417 e. The Labute approximate surface area is 150 Å². The Balaban J connectivity index is 2.25. The molecular formula is C17H20ClF3N4. The first-order valence-electron chi connectivity index (χ1n) is 8.07.